The second kappa shape index (κ2) is 1.24. The Balaban J connectivity index is 2.11. The minimum Gasteiger partial charge on any atom is -0.352 e. The number of rotatable bonds is 0. The number of carbonyl (C=O) groups is 1. The summed E-state index contributed by atoms with van der Waals surface area (Å²) >= 11 is 0. The Kier molecular flexibility index (Phi) is 0.678. The van der Waals surface area contributed by atoms with Crippen LogP contribution in [0.3, 0.4) is 0 Å². The van der Waals surface area contributed by atoms with Crippen molar-refractivity contribution in [3.8, 4) is 0 Å². The number of amides is 1. The minimum atomic E-state index is 0.285. The van der Waals surface area contributed by atoms with Gasteiger partial charge in [0.1, 0.15) is 0 Å². The highest BCUT2D eigenvalue weighted by Gasteiger charge is 2.41. The SMILES string of the molecule is O=C1N[C@@H]2CCC[C@@H]12. The molecule has 8 heavy (non-hydrogen) atoms. The molecule has 0 aromatic rings. The summed E-state index contributed by atoms with van der Waals surface area (Å²) in [5.41, 5.74) is 0. The van der Waals surface area contributed by atoms with Gasteiger partial charge in [-0.3, -0.25) is 4.79 Å². The van der Waals surface area contributed by atoms with Crippen LogP contribution in [-0.2, 0) is 4.79 Å². The molecule has 1 saturated carbocycles. The average molecular weight is 111 g/mol. The van der Waals surface area contributed by atoms with Gasteiger partial charge in [0.15, 0.2) is 0 Å². The molecule has 2 nitrogen and oxygen atoms in total. The maximum atomic E-state index is 10.6. The Morgan fingerprint density at radius 1 is 1.50 bits per heavy atom. The molecule has 0 aromatic heterocycles. The number of fused-ring (bicyclic) bond motifs is 1. The molecule has 44 valence electrons. The molecule has 2 aliphatic rings. The Bertz CT molecular complexity index is 132. The highest BCUT2D eigenvalue weighted by molar-refractivity contribution is 5.86. The molecule has 0 unspecified atom stereocenters. The van der Waals surface area contributed by atoms with Crippen LogP contribution in [0.25, 0.3) is 0 Å². The number of hydrogen-bond acceptors (Lipinski definition) is 1. The quantitative estimate of drug-likeness (QED) is 0.447. The number of carbonyl (C=O) groups excluding carboxylic acids is 1. The number of β-lactam (4-membered cyclic amide) rings is 1. The van der Waals surface area contributed by atoms with Gasteiger partial charge in [-0.2, -0.15) is 0 Å². The van der Waals surface area contributed by atoms with Crippen LogP contribution in [0.4, 0.5) is 0 Å². The first-order valence-electron chi connectivity index (χ1n) is 3.18. The highest BCUT2D eigenvalue weighted by atomic mass is 16.2. The third kappa shape index (κ3) is 0.358. The van der Waals surface area contributed by atoms with E-state index >= 15 is 0 Å². The highest BCUT2D eigenvalue weighted by Crippen LogP contribution is 2.31. The summed E-state index contributed by atoms with van der Waals surface area (Å²) in [7, 11) is 0. The Morgan fingerprint density at radius 2 is 2.38 bits per heavy atom. The molecule has 0 aromatic carbocycles. The zero-order valence-corrected chi connectivity index (χ0v) is 4.68. The molecule has 1 N–H and O–H groups in total. The summed E-state index contributed by atoms with van der Waals surface area (Å²) in [5.74, 6) is 0.697. The maximum Gasteiger partial charge on any atom is 0.225 e. The molecule has 1 amide bonds. The molecule has 2 rings (SSSR count). The van der Waals surface area contributed by atoms with E-state index in [0.717, 1.165) is 6.42 Å². The van der Waals surface area contributed by atoms with E-state index in [1.807, 2.05) is 0 Å². The second-order valence-electron chi connectivity index (χ2n) is 2.65. The lowest BCUT2D eigenvalue weighted by molar-refractivity contribution is -0.133. The van der Waals surface area contributed by atoms with Crippen molar-refractivity contribution >= 4 is 5.91 Å². The predicted octanol–water partition coefficient (Wildman–Crippen LogP) is 0.285. The molecule has 0 radical (unpaired) electrons. The fourth-order valence-corrected chi connectivity index (χ4v) is 1.64. The van der Waals surface area contributed by atoms with E-state index < -0.39 is 0 Å². The molecule has 2 atom stereocenters. The van der Waals surface area contributed by atoms with Crippen molar-refractivity contribution in [3.05, 3.63) is 0 Å². The van der Waals surface area contributed by atoms with Gasteiger partial charge in [-0.05, 0) is 12.8 Å². The molecule has 2 heteroatoms. The fourth-order valence-electron chi connectivity index (χ4n) is 1.64. The lowest BCUT2D eigenvalue weighted by Crippen LogP contribution is -2.54. The lowest BCUT2D eigenvalue weighted by Gasteiger charge is -2.30. The summed E-state index contributed by atoms with van der Waals surface area (Å²) < 4.78 is 0. The molecule has 1 aliphatic heterocycles. The van der Waals surface area contributed by atoms with E-state index in [2.05, 4.69) is 5.32 Å². The van der Waals surface area contributed by atoms with Gasteiger partial charge in [0.25, 0.3) is 0 Å². The first-order valence-corrected chi connectivity index (χ1v) is 3.18. The summed E-state index contributed by atoms with van der Waals surface area (Å²) in [6, 6.07) is 0.572. The summed E-state index contributed by atoms with van der Waals surface area (Å²) in [6.45, 7) is 0. The van der Waals surface area contributed by atoms with Crippen LogP contribution < -0.4 is 5.32 Å². The van der Waals surface area contributed by atoms with Crippen LogP contribution in [0, 0.1) is 5.92 Å². The van der Waals surface area contributed by atoms with Crippen LogP contribution in [0.15, 0.2) is 0 Å². The molecular formula is C6H9NO. The minimum absolute atomic E-state index is 0.285. The van der Waals surface area contributed by atoms with Gasteiger partial charge in [-0.15, -0.1) is 0 Å². The molecule has 0 spiro atoms. The van der Waals surface area contributed by atoms with Crippen LogP contribution in [0.1, 0.15) is 19.3 Å². The van der Waals surface area contributed by atoms with E-state index in [1.54, 1.807) is 0 Å². The largest absolute Gasteiger partial charge is 0.352 e. The topological polar surface area (TPSA) is 29.1 Å². The van der Waals surface area contributed by atoms with Gasteiger partial charge in [-0.1, -0.05) is 6.42 Å². The van der Waals surface area contributed by atoms with Crippen LogP contribution in [0.2, 0.25) is 0 Å². The van der Waals surface area contributed by atoms with Crippen molar-refractivity contribution in [2.45, 2.75) is 25.3 Å². The Labute approximate surface area is 48.3 Å². The van der Waals surface area contributed by atoms with Crippen molar-refractivity contribution in [1.82, 2.24) is 5.32 Å². The monoisotopic (exact) mass is 111 g/mol. The van der Waals surface area contributed by atoms with Crippen molar-refractivity contribution in [3.63, 3.8) is 0 Å². The molecule has 1 saturated heterocycles. The first kappa shape index (κ1) is 4.36. The van der Waals surface area contributed by atoms with Crippen LogP contribution >= 0.6 is 0 Å². The molecule has 1 heterocycles. The zero-order chi connectivity index (χ0) is 5.56. The van der Waals surface area contributed by atoms with Crippen molar-refractivity contribution in [2.75, 3.05) is 0 Å². The summed E-state index contributed by atoms with van der Waals surface area (Å²) in [5, 5.41) is 2.87. The number of nitrogens with one attached hydrogen (secondary N) is 1. The Morgan fingerprint density at radius 3 is 2.88 bits per heavy atom. The average Bonchev–Trinajstić information content (AvgIpc) is 2.09. The standard InChI is InChI=1S/C6H9NO/c8-6-4-2-1-3-5(4)7-6/h4-5H,1-3H2,(H,7,8)/t4-,5-/m1/s1. The first-order chi connectivity index (χ1) is 3.88. The smallest absolute Gasteiger partial charge is 0.225 e. The summed E-state index contributed by atoms with van der Waals surface area (Å²) in [6.07, 6.45) is 3.60. The molecule has 2 fully saturated rings. The maximum absolute atomic E-state index is 10.6. The van der Waals surface area contributed by atoms with E-state index in [1.165, 1.54) is 12.8 Å². The van der Waals surface area contributed by atoms with Gasteiger partial charge in [-0.25, -0.2) is 0 Å². The Hall–Kier alpha value is -0.530. The fraction of sp³-hybridized carbons (Fsp3) is 0.833. The van der Waals surface area contributed by atoms with Crippen molar-refractivity contribution in [2.24, 2.45) is 5.92 Å². The van der Waals surface area contributed by atoms with Gasteiger partial charge < -0.3 is 5.32 Å². The normalized spacial score (nSPS) is 42.8. The lowest BCUT2D eigenvalue weighted by atomic mass is 9.95. The van der Waals surface area contributed by atoms with Crippen molar-refractivity contribution in [1.29, 1.82) is 0 Å². The van der Waals surface area contributed by atoms with Gasteiger partial charge in [0, 0.05) is 6.04 Å². The summed E-state index contributed by atoms with van der Waals surface area (Å²) in [4.78, 5) is 10.6. The molecule has 0 bridgehead atoms. The molecular weight excluding hydrogens is 102 g/mol. The van der Waals surface area contributed by atoms with Gasteiger partial charge >= 0.3 is 0 Å². The predicted molar refractivity (Wildman–Crippen MR) is 29.3 cm³/mol. The van der Waals surface area contributed by atoms with Gasteiger partial charge in [0.2, 0.25) is 5.91 Å². The molecule has 1 aliphatic carbocycles. The zero-order valence-electron chi connectivity index (χ0n) is 4.68. The van der Waals surface area contributed by atoms with Crippen LogP contribution in [-0.4, -0.2) is 11.9 Å². The van der Waals surface area contributed by atoms with E-state index in [-0.39, 0.29) is 5.91 Å². The van der Waals surface area contributed by atoms with E-state index in [4.69, 9.17) is 0 Å². The third-order valence-corrected chi connectivity index (χ3v) is 2.18. The van der Waals surface area contributed by atoms with E-state index in [9.17, 15) is 4.79 Å². The second-order valence-corrected chi connectivity index (χ2v) is 2.65. The third-order valence-electron chi connectivity index (χ3n) is 2.18. The van der Waals surface area contributed by atoms with E-state index in [0.29, 0.717) is 12.0 Å². The van der Waals surface area contributed by atoms with Crippen molar-refractivity contribution < 1.29 is 4.79 Å². The number of hydrogen-bond donors (Lipinski definition) is 1. The van der Waals surface area contributed by atoms with Gasteiger partial charge in [0.05, 0.1) is 5.92 Å². The van der Waals surface area contributed by atoms with Crippen LogP contribution in [0.5, 0.6) is 0 Å².